The molecule has 0 amide bonds. The molecule has 5 heterocycles. The maximum atomic E-state index is 15.2. The van der Waals surface area contributed by atoms with Crippen molar-refractivity contribution in [1.29, 1.82) is 0 Å². The predicted octanol–water partition coefficient (Wildman–Crippen LogP) is 3.71. The second-order valence-corrected chi connectivity index (χ2v) is 8.53. The first kappa shape index (κ1) is 20.3. The van der Waals surface area contributed by atoms with E-state index in [4.69, 9.17) is 9.47 Å². The van der Waals surface area contributed by atoms with Gasteiger partial charge in [0.1, 0.15) is 11.5 Å². The summed E-state index contributed by atoms with van der Waals surface area (Å²) in [5.41, 5.74) is 3.44. The van der Waals surface area contributed by atoms with Crippen molar-refractivity contribution in [3.05, 3.63) is 53.1 Å². The minimum Gasteiger partial charge on any atom is -0.376 e. The standard InChI is InChI=1S/C24H24FN5O3/c25-21-18-6-7-26-22(18)27-12-19(21)15-10-20-23(28-11-15)30(16-4-2-1-3-5-16)24(31)29(20)13-17-14-32-8-9-33-17/h4,6-7,10-12,17H,1-3,5,8-9,13-14H2,(H,26,27)/t17-/m0/s1. The lowest BCUT2D eigenvalue weighted by atomic mass is 10.0. The monoisotopic (exact) mass is 449 g/mol. The molecule has 1 aliphatic carbocycles. The molecule has 8 nitrogen and oxygen atoms in total. The molecule has 0 bridgehead atoms. The fourth-order valence-electron chi connectivity index (χ4n) is 4.76. The molecule has 0 spiro atoms. The first-order valence-electron chi connectivity index (χ1n) is 11.3. The summed E-state index contributed by atoms with van der Waals surface area (Å²) in [5.74, 6) is -0.366. The zero-order chi connectivity index (χ0) is 22.4. The summed E-state index contributed by atoms with van der Waals surface area (Å²) in [6.07, 6.45) is 10.6. The van der Waals surface area contributed by atoms with Crippen molar-refractivity contribution in [1.82, 2.24) is 24.1 Å². The van der Waals surface area contributed by atoms with Gasteiger partial charge >= 0.3 is 5.69 Å². The number of allylic oxidation sites excluding steroid dienone is 2. The zero-order valence-corrected chi connectivity index (χ0v) is 18.1. The van der Waals surface area contributed by atoms with E-state index in [1.165, 1.54) is 6.20 Å². The van der Waals surface area contributed by atoms with Crippen molar-refractivity contribution in [2.24, 2.45) is 0 Å². The maximum absolute atomic E-state index is 15.2. The van der Waals surface area contributed by atoms with E-state index in [-0.39, 0.29) is 17.6 Å². The van der Waals surface area contributed by atoms with E-state index < -0.39 is 0 Å². The van der Waals surface area contributed by atoms with Gasteiger partial charge in [0, 0.05) is 35.4 Å². The van der Waals surface area contributed by atoms with E-state index in [1.807, 2.05) is 6.07 Å². The van der Waals surface area contributed by atoms with Crippen molar-refractivity contribution < 1.29 is 13.9 Å². The minimum absolute atomic E-state index is 0.156. The van der Waals surface area contributed by atoms with Crippen molar-refractivity contribution >= 4 is 27.9 Å². The number of H-pyrrole nitrogens is 1. The molecule has 1 atom stereocenters. The predicted molar refractivity (Wildman–Crippen MR) is 122 cm³/mol. The summed E-state index contributed by atoms with van der Waals surface area (Å²) in [6.45, 7) is 1.83. The first-order chi connectivity index (χ1) is 16.2. The van der Waals surface area contributed by atoms with Crippen LogP contribution < -0.4 is 5.69 Å². The second kappa shape index (κ2) is 8.24. The number of aromatic amines is 1. The first-order valence-corrected chi connectivity index (χ1v) is 11.3. The van der Waals surface area contributed by atoms with Crippen molar-refractivity contribution in [2.45, 2.75) is 38.3 Å². The van der Waals surface area contributed by atoms with Crippen LogP contribution in [0.2, 0.25) is 0 Å². The highest BCUT2D eigenvalue weighted by Crippen LogP contribution is 2.30. The number of hydrogen-bond acceptors (Lipinski definition) is 5. The Hall–Kier alpha value is -3.30. The third kappa shape index (κ3) is 3.48. The van der Waals surface area contributed by atoms with Gasteiger partial charge in [0.05, 0.1) is 43.4 Å². The molecule has 170 valence electrons. The van der Waals surface area contributed by atoms with Crippen molar-refractivity contribution in [3.8, 4) is 11.1 Å². The van der Waals surface area contributed by atoms with Crippen LogP contribution in [-0.2, 0) is 16.0 Å². The molecule has 0 unspecified atom stereocenters. The van der Waals surface area contributed by atoms with Gasteiger partial charge in [-0.3, -0.25) is 4.57 Å². The number of ether oxygens (including phenoxy) is 2. The van der Waals surface area contributed by atoms with Crippen LogP contribution in [0.4, 0.5) is 4.39 Å². The number of aromatic nitrogens is 5. The smallest absolute Gasteiger partial charge is 0.334 e. The lowest BCUT2D eigenvalue weighted by molar-refractivity contribution is -0.0935. The number of rotatable bonds is 4. The molecule has 0 saturated carbocycles. The Bertz CT molecular complexity index is 1430. The molecule has 33 heavy (non-hydrogen) atoms. The number of nitrogens with one attached hydrogen (secondary N) is 1. The lowest BCUT2D eigenvalue weighted by Crippen LogP contribution is -2.36. The van der Waals surface area contributed by atoms with Crippen LogP contribution in [0.25, 0.3) is 39.0 Å². The Morgan fingerprint density at radius 3 is 2.97 bits per heavy atom. The SMILES string of the molecule is O=c1n(C[C@H]2COCCO2)c2cc(-c3cnc4[nH]ccc4c3F)cnc2n1C1=CCCCC1. The largest absolute Gasteiger partial charge is 0.376 e. The van der Waals surface area contributed by atoms with Crippen LogP contribution >= 0.6 is 0 Å². The van der Waals surface area contributed by atoms with Crippen LogP contribution in [0.5, 0.6) is 0 Å². The second-order valence-electron chi connectivity index (χ2n) is 8.53. The molecule has 4 aromatic rings. The van der Waals surface area contributed by atoms with Crippen molar-refractivity contribution in [3.63, 3.8) is 0 Å². The Morgan fingerprint density at radius 1 is 1.21 bits per heavy atom. The quantitative estimate of drug-likeness (QED) is 0.513. The van der Waals surface area contributed by atoms with E-state index in [0.717, 1.165) is 31.4 Å². The number of hydrogen-bond donors (Lipinski definition) is 1. The molecule has 4 aromatic heterocycles. The van der Waals surface area contributed by atoms with Gasteiger partial charge in [-0.05, 0) is 37.8 Å². The highest BCUT2D eigenvalue weighted by Gasteiger charge is 2.24. The molecule has 9 heteroatoms. The minimum atomic E-state index is -0.366. The van der Waals surface area contributed by atoms with Gasteiger partial charge in [-0.2, -0.15) is 0 Å². The Balaban J connectivity index is 1.52. The summed E-state index contributed by atoms with van der Waals surface area (Å²) >= 11 is 0. The normalized spacial score (nSPS) is 19.3. The van der Waals surface area contributed by atoms with Gasteiger partial charge in [-0.15, -0.1) is 0 Å². The highest BCUT2D eigenvalue weighted by molar-refractivity contribution is 5.86. The van der Waals surface area contributed by atoms with E-state index >= 15 is 4.39 Å². The lowest BCUT2D eigenvalue weighted by Gasteiger charge is -2.23. The Morgan fingerprint density at radius 2 is 2.15 bits per heavy atom. The summed E-state index contributed by atoms with van der Waals surface area (Å²) in [5, 5.41) is 0.419. The van der Waals surface area contributed by atoms with E-state index in [2.05, 4.69) is 21.0 Å². The molecule has 1 aliphatic heterocycles. The molecular formula is C24H24FN5O3. The van der Waals surface area contributed by atoms with Crippen LogP contribution in [-0.4, -0.2) is 50.0 Å². The van der Waals surface area contributed by atoms with Gasteiger partial charge in [0.25, 0.3) is 0 Å². The van der Waals surface area contributed by atoms with Gasteiger partial charge in [-0.25, -0.2) is 23.7 Å². The molecule has 2 aliphatic rings. The molecule has 6 rings (SSSR count). The average molecular weight is 449 g/mol. The fourth-order valence-corrected chi connectivity index (χ4v) is 4.76. The molecule has 0 aromatic carbocycles. The van der Waals surface area contributed by atoms with Crippen LogP contribution in [0, 0.1) is 5.82 Å². The van der Waals surface area contributed by atoms with E-state index in [0.29, 0.717) is 59.7 Å². The molecule has 1 N–H and O–H groups in total. The van der Waals surface area contributed by atoms with Crippen molar-refractivity contribution in [2.75, 3.05) is 19.8 Å². The summed E-state index contributed by atoms with van der Waals surface area (Å²) in [6, 6.07) is 3.49. The van der Waals surface area contributed by atoms with E-state index in [1.54, 1.807) is 27.6 Å². The fraction of sp³-hybridized carbons (Fsp3) is 0.375. The third-order valence-electron chi connectivity index (χ3n) is 6.43. The summed E-state index contributed by atoms with van der Waals surface area (Å²) in [4.78, 5) is 25.5. The number of nitrogens with zero attached hydrogens (tertiary/aromatic N) is 4. The summed E-state index contributed by atoms with van der Waals surface area (Å²) in [7, 11) is 0. The van der Waals surface area contributed by atoms with Gasteiger partial charge in [-0.1, -0.05) is 6.08 Å². The topological polar surface area (TPSA) is 87.0 Å². The third-order valence-corrected chi connectivity index (χ3v) is 6.43. The molecule has 0 radical (unpaired) electrons. The maximum Gasteiger partial charge on any atom is 0.334 e. The number of fused-ring (bicyclic) bond motifs is 2. The molecule has 1 saturated heterocycles. The number of imidazole rings is 1. The van der Waals surface area contributed by atoms with Gasteiger partial charge in [0.15, 0.2) is 5.65 Å². The van der Waals surface area contributed by atoms with Crippen LogP contribution in [0.15, 0.2) is 41.6 Å². The summed E-state index contributed by atoms with van der Waals surface area (Å²) < 4.78 is 30.0. The number of pyridine rings is 2. The number of halogens is 1. The van der Waals surface area contributed by atoms with E-state index in [9.17, 15) is 4.79 Å². The Kier molecular flexibility index (Phi) is 5.07. The highest BCUT2D eigenvalue weighted by atomic mass is 19.1. The van der Waals surface area contributed by atoms with Gasteiger partial charge in [0.2, 0.25) is 0 Å². The molecular weight excluding hydrogens is 425 g/mol. The zero-order valence-electron chi connectivity index (χ0n) is 18.1. The van der Waals surface area contributed by atoms with Crippen LogP contribution in [0.1, 0.15) is 25.7 Å². The molecule has 1 fully saturated rings. The van der Waals surface area contributed by atoms with Crippen LogP contribution in [0.3, 0.4) is 0 Å². The van der Waals surface area contributed by atoms with Gasteiger partial charge < -0.3 is 14.5 Å². The Labute approximate surface area is 188 Å². The average Bonchev–Trinajstić information content (AvgIpc) is 3.44.